The summed E-state index contributed by atoms with van der Waals surface area (Å²) in [7, 11) is -1.17. The van der Waals surface area contributed by atoms with Crippen molar-refractivity contribution >= 4 is 16.5 Å². The predicted octanol–water partition coefficient (Wildman–Crippen LogP) is 0.707. The first kappa shape index (κ1) is 12.1. The van der Waals surface area contributed by atoms with E-state index in [1.807, 2.05) is 0 Å². The summed E-state index contributed by atoms with van der Waals surface area (Å²) in [5.74, 6) is 0.977. The van der Waals surface area contributed by atoms with Gasteiger partial charge in [0.2, 0.25) is 0 Å². The summed E-state index contributed by atoms with van der Waals surface area (Å²) in [6, 6.07) is 2.81. The topological polar surface area (TPSA) is 85.1 Å². The number of pyridine rings is 1. The van der Waals surface area contributed by atoms with Crippen molar-refractivity contribution in [2.45, 2.75) is 11.4 Å². The first-order valence-corrected chi connectivity index (χ1v) is 6.68. The second kappa shape index (κ2) is 5.33. The van der Waals surface area contributed by atoms with Crippen LogP contribution in [0, 0.1) is 16.0 Å². The van der Waals surface area contributed by atoms with Crippen molar-refractivity contribution in [3.63, 3.8) is 0 Å². The third kappa shape index (κ3) is 3.07. The maximum absolute atomic E-state index is 11.9. The highest BCUT2D eigenvalue weighted by Crippen LogP contribution is 2.15. The fourth-order valence-corrected chi connectivity index (χ4v) is 3.04. The minimum absolute atomic E-state index is 0.0757. The molecule has 2 rings (SSSR count). The van der Waals surface area contributed by atoms with Gasteiger partial charge in [-0.05, 0) is 31.5 Å². The van der Waals surface area contributed by atoms with Gasteiger partial charge in [0.25, 0.3) is 5.69 Å². The van der Waals surface area contributed by atoms with Gasteiger partial charge in [-0.2, -0.15) is 0 Å². The molecule has 1 aliphatic heterocycles. The molecule has 0 amide bonds. The van der Waals surface area contributed by atoms with Gasteiger partial charge in [0.15, 0.2) is 0 Å². The Kier molecular flexibility index (Phi) is 3.80. The van der Waals surface area contributed by atoms with Gasteiger partial charge in [-0.1, -0.05) is 0 Å². The van der Waals surface area contributed by atoms with E-state index in [1.165, 1.54) is 12.1 Å². The Labute approximate surface area is 101 Å². The van der Waals surface area contributed by atoms with Crippen LogP contribution in [0.2, 0.25) is 0 Å². The lowest BCUT2D eigenvalue weighted by atomic mass is 10.2. The van der Waals surface area contributed by atoms with E-state index >= 15 is 0 Å². The molecule has 1 saturated heterocycles. The summed E-state index contributed by atoms with van der Waals surface area (Å²) in [6.07, 6.45) is 2.18. The van der Waals surface area contributed by atoms with Gasteiger partial charge in [0.05, 0.1) is 15.7 Å². The molecule has 0 unspecified atom stereocenters. The highest BCUT2D eigenvalue weighted by Gasteiger charge is 2.19. The zero-order valence-corrected chi connectivity index (χ0v) is 9.98. The van der Waals surface area contributed by atoms with Crippen LogP contribution in [0.3, 0.4) is 0 Å². The van der Waals surface area contributed by atoms with E-state index in [0.717, 1.165) is 25.7 Å². The van der Waals surface area contributed by atoms with E-state index in [9.17, 15) is 14.3 Å². The molecule has 1 aromatic heterocycles. The molecule has 1 aromatic rings. The average Bonchev–Trinajstić information content (AvgIpc) is 2.82. The standard InChI is InChI=1S/C10H13N3O3S/c14-13(15)9-1-2-10(12-6-9)17(16)7-8-3-4-11-5-8/h1-2,6,8,11H,3-5,7H2/t8-,17+/m1/s1. The fourth-order valence-electron chi connectivity index (χ4n) is 1.77. The van der Waals surface area contributed by atoms with Gasteiger partial charge < -0.3 is 5.32 Å². The monoisotopic (exact) mass is 255 g/mol. The molecule has 17 heavy (non-hydrogen) atoms. The van der Waals surface area contributed by atoms with Gasteiger partial charge in [-0.3, -0.25) is 14.3 Å². The molecule has 2 atom stereocenters. The van der Waals surface area contributed by atoms with Gasteiger partial charge in [0, 0.05) is 11.8 Å². The number of nitrogens with one attached hydrogen (secondary N) is 1. The molecule has 1 N–H and O–H groups in total. The molecule has 0 saturated carbocycles. The largest absolute Gasteiger partial charge is 0.316 e. The first-order valence-electron chi connectivity index (χ1n) is 5.36. The number of aromatic nitrogens is 1. The van der Waals surface area contributed by atoms with Gasteiger partial charge in [-0.25, -0.2) is 4.98 Å². The van der Waals surface area contributed by atoms with E-state index in [0.29, 0.717) is 16.7 Å². The van der Waals surface area contributed by atoms with E-state index in [2.05, 4.69) is 10.3 Å². The molecule has 7 heteroatoms. The molecule has 0 radical (unpaired) electrons. The lowest BCUT2D eigenvalue weighted by molar-refractivity contribution is -0.385. The lowest BCUT2D eigenvalue weighted by Gasteiger charge is -2.06. The number of nitrogens with zero attached hydrogens (tertiary/aromatic N) is 2. The molecule has 2 heterocycles. The van der Waals surface area contributed by atoms with Gasteiger partial charge >= 0.3 is 0 Å². The normalized spacial score (nSPS) is 21.3. The van der Waals surface area contributed by atoms with Crippen LogP contribution in [0.1, 0.15) is 6.42 Å². The van der Waals surface area contributed by atoms with E-state index in [4.69, 9.17) is 0 Å². The number of nitro groups is 1. The SMILES string of the molecule is O=[N+]([O-])c1ccc([S@@](=O)C[C@@H]2CCNC2)nc1. The minimum Gasteiger partial charge on any atom is -0.316 e. The summed E-state index contributed by atoms with van der Waals surface area (Å²) in [5, 5.41) is 14.1. The Bertz CT molecular complexity index is 429. The van der Waals surface area contributed by atoms with Crippen LogP contribution in [0.25, 0.3) is 0 Å². The van der Waals surface area contributed by atoms with Crippen molar-refractivity contribution in [3.8, 4) is 0 Å². The fraction of sp³-hybridized carbons (Fsp3) is 0.500. The predicted molar refractivity (Wildman–Crippen MR) is 63.1 cm³/mol. The van der Waals surface area contributed by atoms with Crippen molar-refractivity contribution in [1.82, 2.24) is 10.3 Å². The summed E-state index contributed by atoms with van der Waals surface area (Å²) in [4.78, 5) is 13.8. The average molecular weight is 255 g/mol. The van der Waals surface area contributed by atoms with Gasteiger partial charge in [-0.15, -0.1) is 0 Å². The van der Waals surface area contributed by atoms with Crippen LogP contribution in [0.15, 0.2) is 23.4 Å². The molecule has 1 fully saturated rings. The summed E-state index contributed by atoms with van der Waals surface area (Å²) >= 11 is 0. The molecule has 0 bridgehead atoms. The molecule has 1 aliphatic rings. The third-order valence-corrected chi connectivity index (χ3v) is 4.20. The van der Waals surface area contributed by atoms with Crippen LogP contribution in [-0.2, 0) is 10.8 Å². The Morgan fingerprint density at radius 2 is 2.41 bits per heavy atom. The lowest BCUT2D eigenvalue weighted by Crippen LogP contribution is -2.15. The Morgan fingerprint density at radius 3 is 2.94 bits per heavy atom. The number of hydrogen-bond acceptors (Lipinski definition) is 5. The number of hydrogen-bond donors (Lipinski definition) is 1. The maximum Gasteiger partial charge on any atom is 0.287 e. The van der Waals surface area contributed by atoms with E-state index in [-0.39, 0.29) is 5.69 Å². The number of rotatable bonds is 4. The Morgan fingerprint density at radius 1 is 1.59 bits per heavy atom. The molecule has 0 spiro atoms. The summed E-state index contributed by atoms with van der Waals surface area (Å²) in [6.45, 7) is 1.86. The summed E-state index contributed by atoms with van der Waals surface area (Å²) < 4.78 is 11.9. The first-order chi connectivity index (χ1) is 8.16. The second-order valence-electron chi connectivity index (χ2n) is 3.98. The van der Waals surface area contributed by atoms with Crippen molar-refractivity contribution < 1.29 is 9.13 Å². The Hall–Kier alpha value is -1.34. The molecular formula is C10H13N3O3S. The summed E-state index contributed by atoms with van der Waals surface area (Å²) in [5.41, 5.74) is -0.0757. The third-order valence-electron chi connectivity index (χ3n) is 2.71. The zero-order valence-electron chi connectivity index (χ0n) is 9.17. The second-order valence-corrected chi connectivity index (χ2v) is 5.43. The molecular weight excluding hydrogens is 242 g/mol. The zero-order chi connectivity index (χ0) is 12.3. The minimum atomic E-state index is -1.17. The van der Waals surface area contributed by atoms with Crippen LogP contribution in [0.4, 0.5) is 5.69 Å². The van der Waals surface area contributed by atoms with Gasteiger partial charge in [0.1, 0.15) is 11.2 Å². The smallest absolute Gasteiger partial charge is 0.287 e. The molecule has 6 nitrogen and oxygen atoms in total. The van der Waals surface area contributed by atoms with E-state index in [1.54, 1.807) is 0 Å². The van der Waals surface area contributed by atoms with Crippen LogP contribution in [0.5, 0.6) is 0 Å². The van der Waals surface area contributed by atoms with Crippen LogP contribution < -0.4 is 5.32 Å². The van der Waals surface area contributed by atoms with Crippen molar-refractivity contribution in [3.05, 3.63) is 28.4 Å². The maximum atomic E-state index is 11.9. The van der Waals surface area contributed by atoms with Crippen LogP contribution in [-0.4, -0.2) is 33.0 Å². The van der Waals surface area contributed by atoms with Crippen LogP contribution >= 0.6 is 0 Å². The molecule has 0 aliphatic carbocycles. The molecule has 92 valence electrons. The highest BCUT2D eigenvalue weighted by molar-refractivity contribution is 7.84. The molecule has 0 aromatic carbocycles. The quantitative estimate of drug-likeness (QED) is 0.632. The van der Waals surface area contributed by atoms with E-state index < -0.39 is 15.7 Å². The van der Waals surface area contributed by atoms with Crippen molar-refractivity contribution in [1.29, 1.82) is 0 Å². The van der Waals surface area contributed by atoms with Crippen molar-refractivity contribution in [2.24, 2.45) is 5.92 Å². The highest BCUT2D eigenvalue weighted by atomic mass is 32.2. The Balaban J connectivity index is 2.01. The van der Waals surface area contributed by atoms with Crippen molar-refractivity contribution in [2.75, 3.05) is 18.8 Å².